The molecule has 0 bridgehead atoms. The maximum Gasteiger partial charge on any atom is 0.149 e. The standard InChI is InChI=1S/C24H23FN6/c1-16(28-23-14-26-7-6-21(23)25)24-20-11-18(4-5-22(20)29-30-24)19-10-17(12-27-13-19)15-31-8-2-3-9-31/h4-7,10-14,28H,1-3,8-9,15H2,(H,29,30). The van der Waals surface area contributed by atoms with Gasteiger partial charge in [0.2, 0.25) is 0 Å². The SMILES string of the molecule is C=C(Nc1cnccc1F)c1n[nH]c2ccc(-c3cncc(CN4CCCC4)c3)cc12. The zero-order valence-electron chi connectivity index (χ0n) is 17.1. The first-order chi connectivity index (χ1) is 15.2. The van der Waals surface area contributed by atoms with Crippen molar-refractivity contribution in [2.45, 2.75) is 19.4 Å². The average molecular weight is 414 g/mol. The largest absolute Gasteiger partial charge is 0.351 e. The molecule has 7 heteroatoms. The molecule has 0 atom stereocenters. The molecule has 5 rings (SSSR count). The van der Waals surface area contributed by atoms with Gasteiger partial charge in [0.15, 0.2) is 0 Å². The van der Waals surface area contributed by atoms with Crippen LogP contribution in [0, 0.1) is 5.82 Å². The van der Waals surface area contributed by atoms with E-state index in [1.54, 1.807) is 0 Å². The van der Waals surface area contributed by atoms with Crippen LogP contribution < -0.4 is 5.32 Å². The van der Waals surface area contributed by atoms with Gasteiger partial charge in [-0.2, -0.15) is 5.10 Å². The molecule has 0 radical (unpaired) electrons. The lowest BCUT2D eigenvalue weighted by atomic mass is 10.0. The van der Waals surface area contributed by atoms with Gasteiger partial charge < -0.3 is 5.32 Å². The van der Waals surface area contributed by atoms with Crippen LogP contribution in [0.3, 0.4) is 0 Å². The van der Waals surface area contributed by atoms with Crippen LogP contribution in [0.1, 0.15) is 24.1 Å². The second kappa shape index (κ2) is 8.28. The summed E-state index contributed by atoms with van der Waals surface area (Å²) in [5.74, 6) is -0.391. The fraction of sp³-hybridized carbons (Fsp3) is 0.208. The number of pyridine rings is 2. The van der Waals surface area contributed by atoms with Crippen LogP contribution in [0.25, 0.3) is 27.7 Å². The first-order valence-corrected chi connectivity index (χ1v) is 10.4. The summed E-state index contributed by atoms with van der Waals surface area (Å²) in [5.41, 5.74) is 5.60. The molecule has 4 aromatic rings. The molecule has 1 aliphatic heterocycles. The van der Waals surface area contributed by atoms with Crippen molar-refractivity contribution in [3.63, 3.8) is 0 Å². The van der Waals surface area contributed by atoms with E-state index < -0.39 is 5.82 Å². The molecular formula is C24H23FN6. The van der Waals surface area contributed by atoms with Gasteiger partial charge in [0.1, 0.15) is 11.5 Å². The molecule has 156 valence electrons. The van der Waals surface area contributed by atoms with E-state index in [2.05, 4.69) is 55.2 Å². The first kappa shape index (κ1) is 19.4. The van der Waals surface area contributed by atoms with Crippen molar-refractivity contribution in [3.05, 3.63) is 78.8 Å². The average Bonchev–Trinajstić information content (AvgIpc) is 3.45. The van der Waals surface area contributed by atoms with Crippen molar-refractivity contribution < 1.29 is 4.39 Å². The molecule has 6 nitrogen and oxygen atoms in total. The lowest BCUT2D eigenvalue weighted by molar-refractivity contribution is 0.331. The summed E-state index contributed by atoms with van der Waals surface area (Å²) in [4.78, 5) is 10.9. The van der Waals surface area contributed by atoms with Gasteiger partial charge in [0.05, 0.1) is 23.1 Å². The zero-order chi connectivity index (χ0) is 21.2. The number of likely N-dealkylation sites (tertiary alicyclic amines) is 1. The van der Waals surface area contributed by atoms with Gasteiger partial charge in [-0.05, 0) is 61.3 Å². The molecule has 1 saturated heterocycles. The third-order valence-electron chi connectivity index (χ3n) is 5.64. The molecule has 0 saturated carbocycles. The number of H-pyrrole nitrogens is 1. The minimum absolute atomic E-state index is 0.263. The smallest absolute Gasteiger partial charge is 0.149 e. The summed E-state index contributed by atoms with van der Waals surface area (Å²) in [5, 5.41) is 11.3. The van der Waals surface area contributed by atoms with Crippen LogP contribution in [0.4, 0.5) is 10.1 Å². The third kappa shape index (κ3) is 4.04. The Hall–Kier alpha value is -3.58. The van der Waals surface area contributed by atoms with E-state index >= 15 is 0 Å². The highest BCUT2D eigenvalue weighted by molar-refractivity contribution is 5.95. The van der Waals surface area contributed by atoms with Crippen molar-refractivity contribution in [2.75, 3.05) is 18.4 Å². The number of hydrogen-bond acceptors (Lipinski definition) is 5. The van der Waals surface area contributed by atoms with E-state index in [4.69, 9.17) is 0 Å². The molecule has 0 unspecified atom stereocenters. The normalized spacial score (nSPS) is 14.2. The van der Waals surface area contributed by atoms with E-state index in [1.807, 2.05) is 18.5 Å². The lowest BCUT2D eigenvalue weighted by Crippen LogP contribution is -2.18. The number of aromatic nitrogens is 4. The molecular weight excluding hydrogens is 391 g/mol. The summed E-state index contributed by atoms with van der Waals surface area (Å²) in [6.07, 6.45) is 9.20. The number of aromatic amines is 1. The number of anilines is 1. The van der Waals surface area contributed by atoms with Crippen LogP contribution in [-0.2, 0) is 6.54 Å². The van der Waals surface area contributed by atoms with Crippen molar-refractivity contribution >= 4 is 22.3 Å². The summed E-state index contributed by atoms with van der Waals surface area (Å²) < 4.78 is 14.0. The van der Waals surface area contributed by atoms with E-state index in [0.717, 1.165) is 41.7 Å². The number of rotatable bonds is 6. The van der Waals surface area contributed by atoms with Gasteiger partial charge in [0, 0.05) is 36.1 Å². The Labute approximate surface area is 179 Å². The molecule has 3 aromatic heterocycles. The van der Waals surface area contributed by atoms with Gasteiger partial charge in [-0.25, -0.2) is 4.39 Å². The number of benzene rings is 1. The highest BCUT2D eigenvalue weighted by Crippen LogP contribution is 2.29. The summed E-state index contributed by atoms with van der Waals surface area (Å²) in [6.45, 7) is 7.29. The highest BCUT2D eigenvalue weighted by Gasteiger charge is 2.14. The zero-order valence-corrected chi connectivity index (χ0v) is 17.1. The second-order valence-electron chi connectivity index (χ2n) is 7.86. The molecule has 1 aromatic carbocycles. The van der Waals surface area contributed by atoms with Crippen LogP contribution >= 0.6 is 0 Å². The van der Waals surface area contributed by atoms with Crippen molar-refractivity contribution in [1.82, 2.24) is 25.1 Å². The molecule has 4 heterocycles. The van der Waals surface area contributed by atoms with Gasteiger partial charge in [-0.15, -0.1) is 0 Å². The van der Waals surface area contributed by atoms with E-state index in [1.165, 1.54) is 36.9 Å². The number of halogens is 1. The van der Waals surface area contributed by atoms with E-state index in [9.17, 15) is 4.39 Å². The highest BCUT2D eigenvalue weighted by atomic mass is 19.1. The number of nitrogens with one attached hydrogen (secondary N) is 2. The number of nitrogens with zero attached hydrogens (tertiary/aromatic N) is 4. The lowest BCUT2D eigenvalue weighted by Gasteiger charge is -2.14. The summed E-state index contributed by atoms with van der Waals surface area (Å²) in [7, 11) is 0. The third-order valence-corrected chi connectivity index (χ3v) is 5.64. The molecule has 0 amide bonds. The predicted octanol–water partition coefficient (Wildman–Crippen LogP) is 4.84. The predicted molar refractivity (Wildman–Crippen MR) is 121 cm³/mol. The van der Waals surface area contributed by atoms with Crippen LogP contribution in [0.15, 0.2) is 61.7 Å². The quantitative estimate of drug-likeness (QED) is 0.473. The maximum atomic E-state index is 14.0. The first-order valence-electron chi connectivity index (χ1n) is 10.4. The molecule has 0 aliphatic carbocycles. The molecule has 31 heavy (non-hydrogen) atoms. The maximum absolute atomic E-state index is 14.0. The topological polar surface area (TPSA) is 69.7 Å². The second-order valence-corrected chi connectivity index (χ2v) is 7.86. The number of fused-ring (bicyclic) bond motifs is 1. The Morgan fingerprint density at radius 3 is 2.77 bits per heavy atom. The van der Waals surface area contributed by atoms with Crippen molar-refractivity contribution in [1.29, 1.82) is 0 Å². The van der Waals surface area contributed by atoms with Gasteiger partial charge in [-0.3, -0.25) is 20.0 Å². The Bertz CT molecular complexity index is 1240. The van der Waals surface area contributed by atoms with Gasteiger partial charge in [0.25, 0.3) is 0 Å². The van der Waals surface area contributed by atoms with E-state index in [0.29, 0.717) is 11.4 Å². The van der Waals surface area contributed by atoms with Crippen LogP contribution in [-0.4, -0.2) is 38.2 Å². The molecule has 0 spiro atoms. The summed E-state index contributed by atoms with van der Waals surface area (Å²) in [6, 6.07) is 9.62. The van der Waals surface area contributed by atoms with Crippen molar-refractivity contribution in [3.8, 4) is 11.1 Å². The Morgan fingerprint density at radius 1 is 1.06 bits per heavy atom. The fourth-order valence-corrected chi connectivity index (χ4v) is 4.05. The molecule has 1 aliphatic rings. The number of hydrogen-bond donors (Lipinski definition) is 2. The van der Waals surface area contributed by atoms with Gasteiger partial charge in [-0.1, -0.05) is 12.6 Å². The Morgan fingerprint density at radius 2 is 1.94 bits per heavy atom. The Kier molecular flexibility index (Phi) is 5.18. The van der Waals surface area contributed by atoms with E-state index in [-0.39, 0.29) is 5.69 Å². The monoisotopic (exact) mass is 414 g/mol. The van der Waals surface area contributed by atoms with Crippen LogP contribution in [0.5, 0.6) is 0 Å². The molecule has 2 N–H and O–H groups in total. The summed E-state index contributed by atoms with van der Waals surface area (Å²) >= 11 is 0. The van der Waals surface area contributed by atoms with Gasteiger partial charge >= 0.3 is 0 Å². The van der Waals surface area contributed by atoms with Crippen LogP contribution in [0.2, 0.25) is 0 Å². The fourth-order valence-electron chi connectivity index (χ4n) is 4.05. The minimum atomic E-state index is -0.391. The Balaban J connectivity index is 1.44. The minimum Gasteiger partial charge on any atom is -0.351 e. The van der Waals surface area contributed by atoms with Crippen molar-refractivity contribution in [2.24, 2.45) is 0 Å². The molecule has 1 fully saturated rings.